The predicted molar refractivity (Wildman–Crippen MR) is 163 cm³/mol. The average Bonchev–Trinajstić information content (AvgIpc) is 2.93. The second-order valence-electron chi connectivity index (χ2n) is 10.6. The smallest absolute Gasteiger partial charge is 0.397 e. The molecule has 0 aliphatic heterocycles. The molecule has 1 heterocycles. The van der Waals surface area contributed by atoms with E-state index in [1.807, 2.05) is 26.0 Å². The Kier molecular flexibility index (Phi) is 15.5. The summed E-state index contributed by atoms with van der Waals surface area (Å²) in [6.07, 6.45) is 18.7. The third-order valence-corrected chi connectivity index (χ3v) is 6.93. The molecule has 7 nitrogen and oxygen atoms in total. The van der Waals surface area contributed by atoms with Crippen LogP contribution in [0.1, 0.15) is 118 Å². The minimum atomic E-state index is -0.980. The fourth-order valence-electron chi connectivity index (χ4n) is 4.54. The van der Waals surface area contributed by atoms with E-state index in [0.29, 0.717) is 23.2 Å². The highest BCUT2D eigenvalue weighted by molar-refractivity contribution is 5.93. The fraction of sp³-hybridized carbons (Fsp3) is 0.545. The van der Waals surface area contributed by atoms with Crippen molar-refractivity contribution in [3.8, 4) is 6.08 Å². The van der Waals surface area contributed by atoms with Crippen LogP contribution in [0, 0.1) is 13.8 Å². The van der Waals surface area contributed by atoms with Crippen molar-refractivity contribution in [3.63, 3.8) is 0 Å². The Morgan fingerprint density at radius 2 is 1.35 bits per heavy atom. The number of carboxylic acids is 1. The Balaban J connectivity index is 0.000000425. The summed E-state index contributed by atoms with van der Waals surface area (Å²) in [5.41, 5.74) is 8.05. The second kappa shape index (κ2) is 18.9. The molecule has 1 aromatic heterocycles. The number of nitrogens with two attached hydrogens (primary N) is 1. The van der Waals surface area contributed by atoms with Crippen LogP contribution in [0.2, 0.25) is 0 Å². The maximum atomic E-state index is 12.0. The van der Waals surface area contributed by atoms with Gasteiger partial charge in [-0.3, -0.25) is 0 Å². The number of unbranched alkanes of at least 4 members (excludes halogenated alkanes) is 13. The van der Waals surface area contributed by atoms with Crippen molar-refractivity contribution < 1.29 is 19.1 Å². The van der Waals surface area contributed by atoms with E-state index in [4.69, 9.17) is 20.0 Å². The summed E-state index contributed by atoms with van der Waals surface area (Å²) in [5, 5.41) is 9.12. The Bertz CT molecular complexity index is 1220. The van der Waals surface area contributed by atoms with Crippen LogP contribution in [0.3, 0.4) is 0 Å². The van der Waals surface area contributed by atoms with Gasteiger partial charge in [0.1, 0.15) is 0 Å². The third-order valence-electron chi connectivity index (χ3n) is 6.93. The number of nitrogen functional groups attached to an aromatic ring is 1. The summed E-state index contributed by atoms with van der Waals surface area (Å²) < 4.78 is 10.7. The van der Waals surface area contributed by atoms with Crippen molar-refractivity contribution in [1.29, 1.82) is 0 Å². The van der Waals surface area contributed by atoms with Crippen LogP contribution in [0.25, 0.3) is 10.9 Å². The molecule has 40 heavy (non-hydrogen) atoms. The number of rotatable bonds is 17. The number of hydrogen-bond acceptors (Lipinski definition) is 6. The molecule has 3 rings (SSSR count). The van der Waals surface area contributed by atoms with E-state index in [-0.39, 0.29) is 17.3 Å². The summed E-state index contributed by atoms with van der Waals surface area (Å²) in [6, 6.07) is 10.5. The number of anilines is 1. The van der Waals surface area contributed by atoms with Gasteiger partial charge in [-0.15, -0.1) is 0 Å². The molecule has 0 fully saturated rings. The van der Waals surface area contributed by atoms with Gasteiger partial charge in [0.05, 0.1) is 23.1 Å². The van der Waals surface area contributed by atoms with Crippen LogP contribution >= 0.6 is 0 Å². The van der Waals surface area contributed by atoms with E-state index in [1.165, 1.54) is 77.0 Å². The summed E-state index contributed by atoms with van der Waals surface area (Å²) in [5.74, 6) is -0.980. The maximum absolute atomic E-state index is 12.0. The van der Waals surface area contributed by atoms with Crippen molar-refractivity contribution in [1.82, 2.24) is 4.98 Å². The predicted octanol–water partition coefficient (Wildman–Crippen LogP) is 8.63. The van der Waals surface area contributed by atoms with Gasteiger partial charge in [0, 0.05) is 5.69 Å². The number of aromatic nitrogens is 1. The summed E-state index contributed by atoms with van der Waals surface area (Å²) in [4.78, 5) is 26.8. The molecular formula is C33H48N2O5. The first-order valence-corrected chi connectivity index (χ1v) is 15.0. The van der Waals surface area contributed by atoms with Gasteiger partial charge in [-0.25, -0.2) is 9.59 Å². The molecule has 0 unspecified atom stereocenters. The normalized spacial score (nSPS) is 10.8. The zero-order valence-electron chi connectivity index (χ0n) is 24.7. The lowest BCUT2D eigenvalue weighted by molar-refractivity contribution is 0.0698. The van der Waals surface area contributed by atoms with Crippen LogP contribution < -0.4 is 16.1 Å². The molecule has 7 heteroatoms. The first kappa shape index (κ1) is 32.9. The van der Waals surface area contributed by atoms with Gasteiger partial charge in [-0.05, 0) is 44.5 Å². The lowest BCUT2D eigenvalue weighted by Crippen LogP contribution is -2.06. The minimum Gasteiger partial charge on any atom is -0.478 e. The highest BCUT2D eigenvalue weighted by atomic mass is 16.6. The highest BCUT2D eigenvalue weighted by Crippen LogP contribution is 2.16. The standard InChI is InChI=1S/C25H39NO3.C8H9NO2/c1-3-4-5-6-7-8-9-10-11-12-13-14-15-16-19-28-25-26-23-18-17-21(2)20-22(23)24(27)29-25;1-5-2-3-7(9)6(4-5)8(10)11/h17-18,20H,3-16,19H2,1-2H3;2-4H,9H2,1H3,(H,10,11). The quantitative estimate of drug-likeness (QED) is 0.127. The Labute approximate surface area is 239 Å². The van der Waals surface area contributed by atoms with E-state index in [0.717, 1.165) is 24.0 Å². The molecule has 0 aliphatic rings. The van der Waals surface area contributed by atoms with Crippen LogP contribution in [0.15, 0.2) is 45.6 Å². The number of ether oxygens (including phenoxy) is 1. The molecule has 0 amide bonds. The van der Waals surface area contributed by atoms with Crippen molar-refractivity contribution in [2.24, 2.45) is 0 Å². The van der Waals surface area contributed by atoms with Gasteiger partial charge < -0.3 is 20.0 Å². The lowest BCUT2D eigenvalue weighted by atomic mass is 10.0. The monoisotopic (exact) mass is 552 g/mol. The van der Waals surface area contributed by atoms with Crippen molar-refractivity contribution in [2.75, 3.05) is 12.3 Å². The second-order valence-corrected chi connectivity index (χ2v) is 10.6. The zero-order chi connectivity index (χ0) is 29.2. The van der Waals surface area contributed by atoms with Crippen molar-refractivity contribution in [3.05, 3.63) is 63.5 Å². The molecular weight excluding hydrogens is 504 g/mol. The van der Waals surface area contributed by atoms with Crippen molar-refractivity contribution >= 4 is 22.6 Å². The van der Waals surface area contributed by atoms with E-state index >= 15 is 0 Å². The maximum Gasteiger partial charge on any atom is 0.397 e. The number of benzene rings is 2. The largest absolute Gasteiger partial charge is 0.478 e. The first-order chi connectivity index (χ1) is 19.3. The summed E-state index contributed by atoms with van der Waals surface area (Å²) in [7, 11) is 0. The molecule has 0 saturated carbocycles. The molecule has 0 saturated heterocycles. The number of aryl methyl sites for hydroxylation is 2. The highest BCUT2D eigenvalue weighted by Gasteiger charge is 2.08. The third kappa shape index (κ3) is 12.7. The summed E-state index contributed by atoms with van der Waals surface area (Å²) in [6.45, 7) is 6.59. The van der Waals surface area contributed by atoms with Gasteiger partial charge in [0.2, 0.25) is 0 Å². The Morgan fingerprint density at radius 3 is 1.90 bits per heavy atom. The van der Waals surface area contributed by atoms with E-state index in [9.17, 15) is 9.59 Å². The number of carboxylic acid groups (broad SMARTS) is 1. The summed E-state index contributed by atoms with van der Waals surface area (Å²) >= 11 is 0. The zero-order valence-corrected chi connectivity index (χ0v) is 24.7. The van der Waals surface area contributed by atoms with Crippen LogP contribution in [-0.2, 0) is 0 Å². The van der Waals surface area contributed by atoms with Gasteiger partial charge in [-0.2, -0.15) is 4.98 Å². The van der Waals surface area contributed by atoms with E-state index in [2.05, 4.69) is 11.9 Å². The van der Waals surface area contributed by atoms with Gasteiger partial charge in [0.15, 0.2) is 0 Å². The molecule has 0 aliphatic carbocycles. The van der Waals surface area contributed by atoms with Gasteiger partial charge in [0.25, 0.3) is 0 Å². The Morgan fingerprint density at radius 1 is 0.825 bits per heavy atom. The molecule has 220 valence electrons. The molecule has 3 N–H and O–H groups in total. The van der Waals surface area contributed by atoms with Crippen LogP contribution in [-0.4, -0.2) is 22.7 Å². The average molecular weight is 553 g/mol. The Hall–Kier alpha value is -3.35. The van der Waals surface area contributed by atoms with Crippen LogP contribution in [0.5, 0.6) is 6.08 Å². The minimum absolute atomic E-state index is 0.0843. The van der Waals surface area contributed by atoms with Gasteiger partial charge >= 0.3 is 17.7 Å². The number of carbonyl (C=O) groups is 1. The first-order valence-electron chi connectivity index (χ1n) is 15.0. The van der Waals surface area contributed by atoms with Crippen LogP contribution in [0.4, 0.5) is 5.69 Å². The molecule has 3 aromatic rings. The van der Waals surface area contributed by atoms with Gasteiger partial charge in [-0.1, -0.05) is 114 Å². The topological polar surface area (TPSA) is 116 Å². The molecule has 0 bridgehead atoms. The van der Waals surface area contributed by atoms with E-state index in [1.54, 1.807) is 24.3 Å². The molecule has 0 radical (unpaired) electrons. The van der Waals surface area contributed by atoms with E-state index < -0.39 is 5.97 Å². The lowest BCUT2D eigenvalue weighted by Gasteiger charge is -2.05. The number of aromatic carboxylic acids is 1. The fourth-order valence-corrected chi connectivity index (χ4v) is 4.54. The number of hydrogen-bond donors (Lipinski definition) is 2. The molecule has 2 aromatic carbocycles. The SMILES string of the molecule is CCCCCCCCCCCCCCCCOc1nc2ccc(C)cc2c(=O)o1.Cc1ccc(N)c(C(=O)O)c1. The molecule has 0 spiro atoms. The molecule has 0 atom stereocenters. The number of nitrogens with zero attached hydrogens (tertiary/aromatic N) is 1. The number of fused-ring (bicyclic) bond motifs is 1. The van der Waals surface area contributed by atoms with Crippen molar-refractivity contribution in [2.45, 2.75) is 111 Å².